The number of phenols is 2. The van der Waals surface area contributed by atoms with Gasteiger partial charge in [-0.3, -0.25) is 0 Å². The summed E-state index contributed by atoms with van der Waals surface area (Å²) in [6.45, 7) is 0. The fourth-order valence-corrected chi connectivity index (χ4v) is 2.04. The fourth-order valence-electron chi connectivity index (χ4n) is 2.04. The van der Waals surface area contributed by atoms with Gasteiger partial charge in [0, 0.05) is 11.1 Å². The number of benzene rings is 2. The first kappa shape index (κ1) is 20.7. The second-order valence-electron chi connectivity index (χ2n) is 4.96. The van der Waals surface area contributed by atoms with Crippen LogP contribution in [0.3, 0.4) is 0 Å². The van der Waals surface area contributed by atoms with Gasteiger partial charge in [-0.1, -0.05) is 36.4 Å². The van der Waals surface area contributed by atoms with Gasteiger partial charge in [-0.2, -0.15) is 36.4 Å². The Bertz CT molecular complexity index is 686. The molecular weight excluding hydrogens is 387 g/mol. The minimum Gasteiger partial charge on any atom is -0.507 e. The molecule has 0 spiro atoms. The van der Waals surface area contributed by atoms with Gasteiger partial charge < -0.3 is 10.2 Å². The van der Waals surface area contributed by atoms with Gasteiger partial charge in [0.25, 0.3) is 0 Å². The molecule has 0 saturated heterocycles. The van der Waals surface area contributed by atoms with Gasteiger partial charge in [0.15, 0.2) is 0 Å². The molecule has 0 aromatic heterocycles. The van der Waals surface area contributed by atoms with Gasteiger partial charge in [-0.15, -0.1) is 0 Å². The minimum absolute atomic E-state index is 0. The summed E-state index contributed by atoms with van der Waals surface area (Å²) in [5.41, 5.74) is 1.29. The third-order valence-electron chi connectivity index (χ3n) is 3.21. The van der Waals surface area contributed by atoms with Crippen molar-refractivity contribution in [3.05, 3.63) is 109 Å². The van der Waals surface area contributed by atoms with Crippen molar-refractivity contribution in [3.63, 3.8) is 0 Å². The van der Waals surface area contributed by atoms with E-state index in [1.165, 1.54) is 0 Å². The quantitative estimate of drug-likeness (QED) is 0.405. The Hall–Kier alpha value is -2.38. The minimum atomic E-state index is 0. The summed E-state index contributed by atoms with van der Waals surface area (Å²) >= 11 is 0. The molecule has 124 valence electrons. The molecule has 0 saturated carbocycles. The molecule has 0 aliphatic heterocycles. The van der Waals surface area contributed by atoms with Crippen molar-refractivity contribution in [3.8, 4) is 22.6 Å². The average molecular weight is 408 g/mol. The number of para-hydroxylation sites is 2. The molecule has 0 amide bonds. The summed E-state index contributed by atoms with van der Waals surface area (Å²) in [4.78, 5) is 0. The van der Waals surface area contributed by atoms with Crippen LogP contribution in [0.1, 0.15) is 0 Å². The molecule has 0 unspecified atom stereocenters. The maximum absolute atomic E-state index is 9.58. The van der Waals surface area contributed by atoms with Gasteiger partial charge in [-0.05, 0) is 12.1 Å². The molecule has 0 bridgehead atoms. The maximum atomic E-state index is 9.58. The van der Waals surface area contributed by atoms with E-state index in [1.54, 1.807) is 36.4 Å². The van der Waals surface area contributed by atoms with E-state index < -0.39 is 0 Å². The van der Waals surface area contributed by atoms with Gasteiger partial charge in [0.1, 0.15) is 11.5 Å². The second kappa shape index (κ2) is 12.1. The molecule has 25 heavy (non-hydrogen) atoms. The van der Waals surface area contributed by atoms with Crippen LogP contribution < -0.4 is 0 Å². The second-order valence-corrected chi connectivity index (χ2v) is 4.96. The van der Waals surface area contributed by atoms with Crippen molar-refractivity contribution in [2.45, 2.75) is 0 Å². The Labute approximate surface area is 167 Å². The molecule has 4 aromatic rings. The molecule has 2 nitrogen and oxygen atoms in total. The maximum Gasteiger partial charge on any atom is 2.00 e. The standard InChI is InChI=1S/C12H10O2.2C5H5.Zr/c13-11-7-3-1-5-9(11)10-6-2-4-8-12(10)14;2*1-2-4-5-3-1;/h1-8,13-14H;2*1-5H;/q;2*-1;+2. The van der Waals surface area contributed by atoms with Crippen molar-refractivity contribution in [1.82, 2.24) is 0 Å². The summed E-state index contributed by atoms with van der Waals surface area (Å²) < 4.78 is 0. The summed E-state index contributed by atoms with van der Waals surface area (Å²) in [7, 11) is 0. The topological polar surface area (TPSA) is 40.5 Å². The summed E-state index contributed by atoms with van der Waals surface area (Å²) in [5.74, 6) is 0.350. The molecule has 0 aliphatic rings. The van der Waals surface area contributed by atoms with Crippen LogP contribution in [0.2, 0.25) is 0 Å². The number of hydrogen-bond donors (Lipinski definition) is 2. The normalized spacial score (nSPS) is 8.80. The molecule has 3 heteroatoms. The molecule has 0 heterocycles. The smallest absolute Gasteiger partial charge is 0.507 e. The van der Waals surface area contributed by atoms with Crippen molar-refractivity contribution in [2.24, 2.45) is 0 Å². The van der Waals surface area contributed by atoms with E-state index in [2.05, 4.69) is 0 Å². The van der Waals surface area contributed by atoms with E-state index in [4.69, 9.17) is 0 Å². The van der Waals surface area contributed by atoms with E-state index >= 15 is 0 Å². The van der Waals surface area contributed by atoms with Crippen LogP contribution in [-0.2, 0) is 26.2 Å². The first-order valence-electron chi connectivity index (χ1n) is 7.69. The first-order chi connectivity index (χ1) is 11.8. The summed E-state index contributed by atoms with van der Waals surface area (Å²) in [6, 6.07) is 33.9. The van der Waals surface area contributed by atoms with Gasteiger partial charge in [0.2, 0.25) is 0 Å². The van der Waals surface area contributed by atoms with Crippen LogP contribution >= 0.6 is 0 Å². The van der Waals surface area contributed by atoms with Crippen molar-refractivity contribution in [2.75, 3.05) is 0 Å². The first-order valence-corrected chi connectivity index (χ1v) is 7.69. The van der Waals surface area contributed by atoms with E-state index in [-0.39, 0.29) is 37.7 Å². The molecular formula is C22H20O2Zr. The zero-order valence-electron chi connectivity index (χ0n) is 13.8. The molecule has 4 rings (SSSR count). The van der Waals surface area contributed by atoms with E-state index in [9.17, 15) is 10.2 Å². The zero-order chi connectivity index (χ0) is 17.0. The third-order valence-corrected chi connectivity index (χ3v) is 3.21. The zero-order valence-corrected chi connectivity index (χ0v) is 16.2. The van der Waals surface area contributed by atoms with Crippen molar-refractivity contribution < 1.29 is 36.4 Å². The molecule has 4 aromatic carbocycles. The number of aromatic hydroxyl groups is 2. The Morgan fingerprint density at radius 2 is 0.800 bits per heavy atom. The average Bonchev–Trinajstić information content (AvgIpc) is 3.35. The molecule has 0 fully saturated rings. The predicted molar refractivity (Wildman–Crippen MR) is 99.3 cm³/mol. The van der Waals surface area contributed by atoms with Crippen molar-refractivity contribution >= 4 is 0 Å². The molecule has 0 aliphatic carbocycles. The van der Waals surface area contributed by atoms with Crippen LogP contribution in [0.15, 0.2) is 109 Å². The van der Waals surface area contributed by atoms with Crippen LogP contribution in [0, 0.1) is 0 Å². The summed E-state index contributed by atoms with van der Waals surface area (Å²) in [6.07, 6.45) is 0. The van der Waals surface area contributed by atoms with Crippen molar-refractivity contribution in [1.29, 1.82) is 0 Å². The van der Waals surface area contributed by atoms with E-state index in [1.807, 2.05) is 72.8 Å². The number of hydrogen-bond acceptors (Lipinski definition) is 2. The van der Waals surface area contributed by atoms with Crippen LogP contribution in [0.5, 0.6) is 11.5 Å². The molecule has 0 atom stereocenters. The molecule has 2 N–H and O–H groups in total. The predicted octanol–water partition coefficient (Wildman–Crippen LogP) is 5.57. The Balaban J connectivity index is 0.000000233. The van der Waals surface area contributed by atoms with E-state index in [0.29, 0.717) is 11.1 Å². The summed E-state index contributed by atoms with van der Waals surface area (Å²) in [5, 5.41) is 19.2. The fraction of sp³-hybridized carbons (Fsp3) is 0. The molecule has 0 radical (unpaired) electrons. The number of rotatable bonds is 1. The Kier molecular flexibility index (Phi) is 9.96. The van der Waals surface area contributed by atoms with E-state index in [0.717, 1.165) is 0 Å². The van der Waals surface area contributed by atoms with Gasteiger partial charge >= 0.3 is 26.2 Å². The van der Waals surface area contributed by atoms with Crippen LogP contribution in [0.25, 0.3) is 11.1 Å². The van der Waals surface area contributed by atoms with Gasteiger partial charge in [-0.25, -0.2) is 24.3 Å². The van der Waals surface area contributed by atoms with Crippen LogP contribution in [0.4, 0.5) is 0 Å². The largest absolute Gasteiger partial charge is 2.00 e. The SMILES string of the molecule is Oc1ccccc1-c1ccccc1O.[Zr+2].c1cc[cH-]c1.c1cc[cH-]c1. The monoisotopic (exact) mass is 406 g/mol. The Morgan fingerprint density at radius 1 is 0.480 bits per heavy atom. The Morgan fingerprint density at radius 3 is 1.04 bits per heavy atom. The third kappa shape index (κ3) is 7.37. The van der Waals surface area contributed by atoms with Gasteiger partial charge in [0.05, 0.1) is 0 Å². The number of phenolic OH excluding ortho intramolecular Hbond substituents is 2. The van der Waals surface area contributed by atoms with Crippen LogP contribution in [-0.4, -0.2) is 10.2 Å².